The highest BCUT2D eigenvalue weighted by molar-refractivity contribution is 5.69. The molecule has 0 N–H and O–H groups in total. The van der Waals surface area contributed by atoms with Crippen molar-refractivity contribution in [3.63, 3.8) is 0 Å². The Hall–Kier alpha value is -2.17. The van der Waals surface area contributed by atoms with Gasteiger partial charge < -0.3 is 14.2 Å². The van der Waals surface area contributed by atoms with Crippen LogP contribution in [0.1, 0.15) is 104 Å². The summed E-state index contributed by atoms with van der Waals surface area (Å²) in [6.45, 7) is 22.1. The molecule has 2 rings (SSSR count). The van der Waals surface area contributed by atoms with Crippen LogP contribution in [-0.4, -0.2) is 24.8 Å². The molecule has 206 valence electrons. The molecule has 0 radical (unpaired) electrons. The SMILES string of the molecule is CC(CCC(=O)OCc1ccccc1)COCCC(C)(C)OCc1cc(C(C)(C)C)cc(C(C)(C)C)c1. The van der Waals surface area contributed by atoms with E-state index in [-0.39, 0.29) is 22.4 Å². The first-order chi connectivity index (χ1) is 17.2. The lowest BCUT2D eigenvalue weighted by molar-refractivity contribution is -0.145. The zero-order valence-electron chi connectivity index (χ0n) is 24.8. The predicted molar refractivity (Wildman–Crippen MR) is 153 cm³/mol. The number of rotatable bonds is 13. The fraction of sp³-hybridized carbons (Fsp3) is 0.606. The van der Waals surface area contributed by atoms with E-state index >= 15 is 0 Å². The number of carbonyl (C=O) groups is 1. The molecule has 4 heteroatoms. The number of hydrogen-bond acceptors (Lipinski definition) is 4. The summed E-state index contributed by atoms with van der Waals surface area (Å²) in [7, 11) is 0. The summed E-state index contributed by atoms with van der Waals surface area (Å²) < 4.78 is 17.7. The molecule has 0 saturated carbocycles. The molecule has 0 saturated heterocycles. The van der Waals surface area contributed by atoms with Crippen LogP contribution in [0.25, 0.3) is 0 Å². The van der Waals surface area contributed by atoms with Gasteiger partial charge in [0, 0.05) is 19.6 Å². The maximum absolute atomic E-state index is 12.0. The van der Waals surface area contributed by atoms with E-state index < -0.39 is 0 Å². The van der Waals surface area contributed by atoms with E-state index in [1.807, 2.05) is 30.3 Å². The van der Waals surface area contributed by atoms with Gasteiger partial charge in [0.05, 0.1) is 12.2 Å². The minimum atomic E-state index is -0.288. The first-order valence-corrected chi connectivity index (χ1v) is 13.7. The van der Waals surface area contributed by atoms with Crippen LogP contribution >= 0.6 is 0 Å². The van der Waals surface area contributed by atoms with Crippen LogP contribution < -0.4 is 0 Å². The van der Waals surface area contributed by atoms with E-state index in [0.29, 0.717) is 38.8 Å². The summed E-state index contributed by atoms with van der Waals surface area (Å²) in [4.78, 5) is 12.0. The second-order valence-electron chi connectivity index (χ2n) is 13.1. The Morgan fingerprint density at radius 3 is 1.97 bits per heavy atom. The maximum atomic E-state index is 12.0. The average Bonchev–Trinajstić information content (AvgIpc) is 2.82. The van der Waals surface area contributed by atoms with E-state index in [9.17, 15) is 4.79 Å². The van der Waals surface area contributed by atoms with Gasteiger partial charge in [0.15, 0.2) is 0 Å². The van der Waals surface area contributed by atoms with E-state index in [0.717, 1.165) is 18.4 Å². The van der Waals surface area contributed by atoms with Gasteiger partial charge in [-0.3, -0.25) is 4.79 Å². The molecule has 0 aliphatic carbocycles. The normalized spacial score (nSPS) is 13.4. The minimum Gasteiger partial charge on any atom is -0.461 e. The van der Waals surface area contributed by atoms with Gasteiger partial charge in [-0.15, -0.1) is 0 Å². The highest BCUT2D eigenvalue weighted by Crippen LogP contribution is 2.31. The van der Waals surface area contributed by atoms with Crippen LogP contribution in [0.2, 0.25) is 0 Å². The molecule has 0 aromatic heterocycles. The Morgan fingerprint density at radius 1 is 0.811 bits per heavy atom. The summed E-state index contributed by atoms with van der Waals surface area (Å²) in [5.41, 5.74) is 4.82. The summed E-state index contributed by atoms with van der Waals surface area (Å²) in [5.74, 6) is 0.139. The smallest absolute Gasteiger partial charge is 0.306 e. The van der Waals surface area contributed by atoms with E-state index in [1.54, 1.807) is 0 Å². The van der Waals surface area contributed by atoms with Crippen LogP contribution in [0, 0.1) is 5.92 Å². The quantitative estimate of drug-likeness (QED) is 0.201. The Bertz CT molecular complexity index is 932. The van der Waals surface area contributed by atoms with Crippen LogP contribution in [-0.2, 0) is 43.0 Å². The highest BCUT2D eigenvalue weighted by Gasteiger charge is 2.23. The van der Waals surface area contributed by atoms with Crippen molar-refractivity contribution >= 4 is 5.97 Å². The van der Waals surface area contributed by atoms with Crippen molar-refractivity contribution < 1.29 is 19.0 Å². The zero-order valence-corrected chi connectivity index (χ0v) is 24.8. The monoisotopic (exact) mass is 510 g/mol. The molecule has 1 atom stereocenters. The number of carbonyl (C=O) groups excluding carboxylic acids is 1. The van der Waals surface area contributed by atoms with Crippen molar-refractivity contribution in [3.8, 4) is 0 Å². The Kier molecular flexibility index (Phi) is 11.4. The van der Waals surface area contributed by atoms with Crippen molar-refractivity contribution in [2.75, 3.05) is 13.2 Å². The first-order valence-electron chi connectivity index (χ1n) is 13.7. The van der Waals surface area contributed by atoms with Crippen LogP contribution in [0.15, 0.2) is 48.5 Å². The summed E-state index contributed by atoms with van der Waals surface area (Å²) >= 11 is 0. The first kappa shape index (κ1) is 31.1. The Balaban J connectivity index is 1.73. The number of ether oxygens (including phenoxy) is 3. The molecule has 0 spiro atoms. The second kappa shape index (κ2) is 13.6. The zero-order chi connectivity index (χ0) is 27.7. The van der Waals surface area contributed by atoms with Crippen LogP contribution in [0.4, 0.5) is 0 Å². The van der Waals surface area contributed by atoms with Gasteiger partial charge in [-0.2, -0.15) is 0 Å². The van der Waals surface area contributed by atoms with Crippen molar-refractivity contribution in [1.82, 2.24) is 0 Å². The summed E-state index contributed by atoms with van der Waals surface area (Å²) in [5, 5.41) is 0. The van der Waals surface area contributed by atoms with Crippen molar-refractivity contribution in [2.45, 2.75) is 111 Å². The Morgan fingerprint density at radius 2 is 1.41 bits per heavy atom. The average molecular weight is 511 g/mol. The number of benzene rings is 2. The van der Waals surface area contributed by atoms with E-state index in [1.165, 1.54) is 16.7 Å². The molecule has 0 aliphatic rings. The van der Waals surface area contributed by atoms with E-state index in [4.69, 9.17) is 14.2 Å². The minimum absolute atomic E-state index is 0.0920. The second-order valence-corrected chi connectivity index (χ2v) is 13.1. The third kappa shape index (κ3) is 11.8. The molecular weight excluding hydrogens is 460 g/mol. The number of hydrogen-bond donors (Lipinski definition) is 0. The fourth-order valence-corrected chi connectivity index (χ4v) is 3.85. The third-order valence-corrected chi connectivity index (χ3v) is 6.69. The molecule has 0 heterocycles. The molecule has 0 fully saturated rings. The molecule has 0 amide bonds. The lowest BCUT2D eigenvalue weighted by Gasteiger charge is -2.28. The van der Waals surface area contributed by atoms with Gasteiger partial charge >= 0.3 is 5.97 Å². The highest BCUT2D eigenvalue weighted by atomic mass is 16.5. The van der Waals surface area contributed by atoms with Crippen molar-refractivity contribution in [2.24, 2.45) is 5.92 Å². The van der Waals surface area contributed by atoms with Gasteiger partial charge in [-0.05, 0) is 65.7 Å². The van der Waals surface area contributed by atoms with Crippen molar-refractivity contribution in [3.05, 3.63) is 70.8 Å². The van der Waals surface area contributed by atoms with Gasteiger partial charge in [0.1, 0.15) is 6.61 Å². The lowest BCUT2D eigenvalue weighted by atomic mass is 9.79. The standard InChI is InChI=1S/C33H50O4/c1-25(15-16-30(34)36-23-26-13-11-10-12-14-26)22-35-18-17-33(8,9)37-24-27-19-28(31(2,3)4)21-29(20-27)32(5,6)7/h10-14,19-21,25H,15-18,22-24H2,1-9H3. The van der Waals surface area contributed by atoms with Crippen LogP contribution in [0.5, 0.6) is 0 Å². The molecule has 2 aromatic rings. The molecule has 4 nitrogen and oxygen atoms in total. The molecular formula is C33H50O4. The van der Waals surface area contributed by atoms with E-state index in [2.05, 4.69) is 80.5 Å². The lowest BCUT2D eigenvalue weighted by Crippen LogP contribution is -2.27. The topological polar surface area (TPSA) is 44.8 Å². The maximum Gasteiger partial charge on any atom is 0.306 e. The fourth-order valence-electron chi connectivity index (χ4n) is 3.85. The van der Waals surface area contributed by atoms with Gasteiger partial charge in [0.2, 0.25) is 0 Å². The molecule has 2 aromatic carbocycles. The van der Waals surface area contributed by atoms with Gasteiger partial charge in [-0.1, -0.05) is 97.0 Å². The summed E-state index contributed by atoms with van der Waals surface area (Å²) in [6, 6.07) is 16.7. The molecule has 1 unspecified atom stereocenters. The largest absolute Gasteiger partial charge is 0.461 e. The van der Waals surface area contributed by atoms with Crippen molar-refractivity contribution in [1.29, 1.82) is 0 Å². The predicted octanol–water partition coefficient (Wildman–Crippen LogP) is 8.14. The summed E-state index contributed by atoms with van der Waals surface area (Å²) in [6.07, 6.45) is 1.98. The molecule has 37 heavy (non-hydrogen) atoms. The van der Waals surface area contributed by atoms with Crippen LogP contribution in [0.3, 0.4) is 0 Å². The van der Waals surface area contributed by atoms with Gasteiger partial charge in [0.25, 0.3) is 0 Å². The van der Waals surface area contributed by atoms with Gasteiger partial charge in [-0.25, -0.2) is 0 Å². The molecule has 0 bridgehead atoms. The number of esters is 1. The third-order valence-electron chi connectivity index (χ3n) is 6.69. The Labute approximate surface area is 226 Å². The molecule has 0 aliphatic heterocycles.